The second-order valence-electron chi connectivity index (χ2n) is 3.99. The van der Waals surface area contributed by atoms with Gasteiger partial charge in [-0.05, 0) is 31.5 Å². The molecule has 0 bridgehead atoms. The van der Waals surface area contributed by atoms with Crippen molar-refractivity contribution in [3.63, 3.8) is 0 Å². The molecule has 1 aromatic carbocycles. The van der Waals surface area contributed by atoms with Crippen LogP contribution in [0.2, 0.25) is 0 Å². The molecule has 1 unspecified atom stereocenters. The molecule has 86 valence electrons. The molecule has 0 radical (unpaired) electrons. The molecule has 0 aliphatic carbocycles. The first-order valence-electron chi connectivity index (χ1n) is 5.59. The number of rotatable bonds is 5. The Kier molecular flexibility index (Phi) is 4.94. The van der Waals surface area contributed by atoms with E-state index in [9.17, 15) is 4.39 Å². The van der Waals surface area contributed by atoms with E-state index in [-0.39, 0.29) is 5.82 Å². The minimum atomic E-state index is -0.254. The Morgan fingerprint density at radius 2 is 2.25 bits per heavy atom. The summed E-state index contributed by atoms with van der Waals surface area (Å²) in [5.74, 6) is -0.254. The van der Waals surface area contributed by atoms with Crippen LogP contribution < -0.4 is 5.32 Å². The van der Waals surface area contributed by atoms with E-state index < -0.39 is 0 Å². The third kappa shape index (κ3) is 3.63. The second-order valence-corrected chi connectivity index (χ2v) is 3.99. The Morgan fingerprint density at radius 1 is 1.50 bits per heavy atom. The maximum Gasteiger partial charge on any atom is 0.127 e. The lowest BCUT2D eigenvalue weighted by atomic mass is 10.1. The summed E-state index contributed by atoms with van der Waals surface area (Å²) in [7, 11) is 0. The van der Waals surface area contributed by atoms with E-state index in [0.29, 0.717) is 23.7 Å². The van der Waals surface area contributed by atoms with E-state index in [1.807, 2.05) is 6.07 Å². The zero-order valence-electron chi connectivity index (χ0n) is 9.76. The molecule has 0 aliphatic rings. The lowest BCUT2D eigenvalue weighted by molar-refractivity contribution is 0.496. The highest BCUT2D eigenvalue weighted by Gasteiger charge is 2.05. The van der Waals surface area contributed by atoms with Gasteiger partial charge in [-0.3, -0.25) is 0 Å². The largest absolute Gasteiger partial charge is 0.310 e. The Bertz CT molecular complexity index is 382. The Morgan fingerprint density at radius 3 is 2.88 bits per heavy atom. The van der Waals surface area contributed by atoms with Gasteiger partial charge >= 0.3 is 0 Å². The fourth-order valence-electron chi connectivity index (χ4n) is 1.60. The van der Waals surface area contributed by atoms with Gasteiger partial charge < -0.3 is 5.32 Å². The highest BCUT2D eigenvalue weighted by molar-refractivity contribution is 5.33. The van der Waals surface area contributed by atoms with E-state index >= 15 is 0 Å². The minimum absolute atomic E-state index is 0.254. The predicted molar refractivity (Wildman–Crippen MR) is 62.3 cm³/mol. The summed E-state index contributed by atoms with van der Waals surface area (Å²) in [5, 5.41) is 12.0. The molecule has 1 rings (SSSR count). The van der Waals surface area contributed by atoms with Crippen molar-refractivity contribution in [2.45, 2.75) is 39.3 Å². The van der Waals surface area contributed by atoms with Gasteiger partial charge in [0.2, 0.25) is 0 Å². The molecular weight excluding hydrogens is 203 g/mol. The van der Waals surface area contributed by atoms with Crippen molar-refractivity contribution in [1.29, 1.82) is 5.26 Å². The molecule has 0 fully saturated rings. The maximum atomic E-state index is 13.4. The Hall–Kier alpha value is -1.40. The topological polar surface area (TPSA) is 35.8 Å². The average molecular weight is 220 g/mol. The van der Waals surface area contributed by atoms with Crippen molar-refractivity contribution in [3.8, 4) is 6.07 Å². The van der Waals surface area contributed by atoms with E-state index in [1.54, 1.807) is 6.07 Å². The summed E-state index contributed by atoms with van der Waals surface area (Å²) >= 11 is 0. The highest BCUT2D eigenvalue weighted by atomic mass is 19.1. The molecule has 1 atom stereocenters. The molecule has 3 heteroatoms. The normalized spacial score (nSPS) is 12.1. The van der Waals surface area contributed by atoms with Crippen LogP contribution in [0.15, 0.2) is 18.2 Å². The smallest absolute Gasteiger partial charge is 0.127 e. The number of halogens is 1. The molecule has 0 saturated carbocycles. The lowest BCUT2D eigenvalue weighted by Crippen LogP contribution is -2.25. The van der Waals surface area contributed by atoms with Gasteiger partial charge in [0.1, 0.15) is 5.82 Å². The zero-order chi connectivity index (χ0) is 12.0. The van der Waals surface area contributed by atoms with Crippen LogP contribution in [0.25, 0.3) is 0 Å². The molecule has 1 aromatic rings. The lowest BCUT2D eigenvalue weighted by Gasteiger charge is -2.13. The predicted octanol–water partition coefficient (Wildman–Crippen LogP) is 2.98. The number of hydrogen-bond acceptors (Lipinski definition) is 2. The van der Waals surface area contributed by atoms with Gasteiger partial charge in [-0.25, -0.2) is 4.39 Å². The molecule has 0 spiro atoms. The number of nitriles is 1. The van der Waals surface area contributed by atoms with Crippen LogP contribution in [-0.2, 0) is 6.54 Å². The molecular formula is C13H17FN2. The van der Waals surface area contributed by atoms with Crippen LogP contribution in [0, 0.1) is 17.1 Å². The molecule has 0 saturated heterocycles. The van der Waals surface area contributed by atoms with Gasteiger partial charge in [0.25, 0.3) is 0 Å². The van der Waals surface area contributed by atoms with Crippen LogP contribution in [0.3, 0.4) is 0 Å². The van der Waals surface area contributed by atoms with Crippen LogP contribution in [0.4, 0.5) is 4.39 Å². The molecule has 1 N–H and O–H groups in total. The van der Waals surface area contributed by atoms with Crippen molar-refractivity contribution >= 4 is 0 Å². The van der Waals surface area contributed by atoms with Gasteiger partial charge in [-0.15, -0.1) is 0 Å². The van der Waals surface area contributed by atoms with Crippen molar-refractivity contribution in [1.82, 2.24) is 5.32 Å². The maximum absolute atomic E-state index is 13.4. The van der Waals surface area contributed by atoms with Crippen molar-refractivity contribution in [2.75, 3.05) is 0 Å². The average Bonchev–Trinajstić information content (AvgIpc) is 2.28. The monoisotopic (exact) mass is 220 g/mol. The number of hydrogen-bond donors (Lipinski definition) is 1. The first-order chi connectivity index (χ1) is 7.67. The molecule has 2 nitrogen and oxygen atoms in total. The Balaban J connectivity index is 2.63. The molecule has 0 amide bonds. The highest BCUT2D eigenvalue weighted by Crippen LogP contribution is 2.10. The van der Waals surface area contributed by atoms with Crippen LogP contribution in [0.5, 0.6) is 0 Å². The van der Waals surface area contributed by atoms with Gasteiger partial charge in [0.05, 0.1) is 11.6 Å². The first kappa shape index (κ1) is 12.7. The fraction of sp³-hybridized carbons (Fsp3) is 0.462. The number of nitrogens with one attached hydrogen (secondary N) is 1. The van der Waals surface area contributed by atoms with Crippen LogP contribution >= 0.6 is 0 Å². The van der Waals surface area contributed by atoms with E-state index in [2.05, 4.69) is 19.2 Å². The summed E-state index contributed by atoms with van der Waals surface area (Å²) in [4.78, 5) is 0. The van der Waals surface area contributed by atoms with Crippen LogP contribution in [0.1, 0.15) is 37.8 Å². The molecule has 0 heterocycles. The number of nitrogens with zero attached hydrogens (tertiary/aromatic N) is 1. The third-order valence-corrected chi connectivity index (χ3v) is 2.54. The molecule has 0 aliphatic heterocycles. The van der Waals surface area contributed by atoms with Gasteiger partial charge in [-0.2, -0.15) is 5.26 Å². The van der Waals surface area contributed by atoms with Crippen LogP contribution in [-0.4, -0.2) is 6.04 Å². The minimum Gasteiger partial charge on any atom is -0.310 e. The first-order valence-corrected chi connectivity index (χ1v) is 5.59. The van der Waals surface area contributed by atoms with Crippen molar-refractivity contribution in [3.05, 3.63) is 35.1 Å². The summed E-state index contributed by atoms with van der Waals surface area (Å²) < 4.78 is 13.4. The summed E-state index contributed by atoms with van der Waals surface area (Å²) in [5.41, 5.74) is 1.06. The fourth-order valence-corrected chi connectivity index (χ4v) is 1.60. The number of benzene rings is 1. The van der Waals surface area contributed by atoms with E-state index in [1.165, 1.54) is 12.1 Å². The van der Waals surface area contributed by atoms with Gasteiger partial charge in [0.15, 0.2) is 0 Å². The van der Waals surface area contributed by atoms with Gasteiger partial charge in [-0.1, -0.05) is 13.3 Å². The molecule has 16 heavy (non-hydrogen) atoms. The molecule has 0 aromatic heterocycles. The standard InChI is InChI=1S/C13H17FN2/c1-3-4-10(2)16-9-12-7-11(8-15)5-6-13(12)14/h5-7,10,16H,3-4,9H2,1-2H3. The third-order valence-electron chi connectivity index (χ3n) is 2.54. The Labute approximate surface area is 96.1 Å². The van der Waals surface area contributed by atoms with Gasteiger partial charge in [0, 0.05) is 18.2 Å². The quantitative estimate of drug-likeness (QED) is 0.828. The summed E-state index contributed by atoms with van der Waals surface area (Å²) in [6.45, 7) is 4.67. The van der Waals surface area contributed by atoms with Crippen molar-refractivity contribution in [2.24, 2.45) is 0 Å². The van der Waals surface area contributed by atoms with Crippen molar-refractivity contribution < 1.29 is 4.39 Å². The van der Waals surface area contributed by atoms with E-state index in [0.717, 1.165) is 12.8 Å². The summed E-state index contributed by atoms with van der Waals surface area (Å²) in [6.07, 6.45) is 2.18. The van der Waals surface area contributed by atoms with E-state index in [4.69, 9.17) is 5.26 Å². The summed E-state index contributed by atoms with van der Waals surface area (Å²) in [6, 6.07) is 6.82. The SMILES string of the molecule is CCCC(C)NCc1cc(C#N)ccc1F. The zero-order valence-corrected chi connectivity index (χ0v) is 9.76. The second kappa shape index (κ2) is 6.24.